The quantitative estimate of drug-likeness (QED) is 0.215. The van der Waals surface area contributed by atoms with Crippen LogP contribution in [0.3, 0.4) is 0 Å². The van der Waals surface area contributed by atoms with Gasteiger partial charge in [-0.25, -0.2) is 14.2 Å². The number of hydrogen-bond acceptors (Lipinski definition) is 6. The lowest BCUT2D eigenvalue weighted by Crippen LogP contribution is -2.08. The van der Waals surface area contributed by atoms with Gasteiger partial charge in [0.05, 0.1) is 30.8 Å². The molecule has 0 aliphatic heterocycles. The number of thiazole rings is 1. The molecule has 0 saturated heterocycles. The number of benzene rings is 2. The molecule has 0 atom stereocenters. The largest absolute Gasteiger partial charge is 0.505 e. The van der Waals surface area contributed by atoms with Gasteiger partial charge in [-0.15, -0.1) is 11.3 Å². The molecule has 1 saturated carbocycles. The van der Waals surface area contributed by atoms with Gasteiger partial charge in [0.25, 0.3) is 0 Å². The molecule has 5 rings (SSSR count). The number of hydrogen-bond donors (Lipinski definition) is 0. The minimum Gasteiger partial charge on any atom is -0.505 e. The SMILES string of the molecule is [C-]#[N+]c1cc2c(Oc3ccc(CC(=O)Cc4nc(C5CC5)cs4)c(F)c3)ccnc2cc1OCCC. The summed E-state index contributed by atoms with van der Waals surface area (Å²) in [7, 11) is 0. The molecule has 2 heterocycles. The number of carbonyl (C=O) groups is 1. The summed E-state index contributed by atoms with van der Waals surface area (Å²) in [5.41, 5.74) is 2.37. The zero-order chi connectivity index (χ0) is 25.1. The fourth-order valence-electron chi connectivity index (χ4n) is 3.92. The monoisotopic (exact) mass is 501 g/mol. The number of aromatic nitrogens is 2. The topological polar surface area (TPSA) is 65.7 Å². The van der Waals surface area contributed by atoms with Gasteiger partial charge in [0, 0.05) is 35.4 Å². The van der Waals surface area contributed by atoms with Crippen molar-refractivity contribution in [2.45, 2.75) is 44.9 Å². The molecule has 2 aromatic heterocycles. The lowest BCUT2D eigenvalue weighted by atomic mass is 10.1. The predicted octanol–water partition coefficient (Wildman–Crippen LogP) is 7.19. The first-order valence-corrected chi connectivity index (χ1v) is 12.8. The number of fused-ring (bicyclic) bond motifs is 1. The number of halogens is 1. The van der Waals surface area contributed by atoms with Crippen LogP contribution in [0.5, 0.6) is 17.2 Å². The first-order valence-electron chi connectivity index (χ1n) is 11.9. The zero-order valence-electron chi connectivity index (χ0n) is 19.8. The molecule has 0 unspecified atom stereocenters. The van der Waals surface area contributed by atoms with Crippen LogP contribution in [0.1, 0.15) is 48.4 Å². The first kappa shape index (κ1) is 23.9. The molecule has 8 heteroatoms. The Morgan fingerprint density at radius 3 is 2.81 bits per heavy atom. The molecule has 1 fully saturated rings. The molecule has 1 aliphatic carbocycles. The van der Waals surface area contributed by atoms with E-state index in [2.05, 4.69) is 14.8 Å². The zero-order valence-corrected chi connectivity index (χ0v) is 20.6. The second kappa shape index (κ2) is 10.4. The summed E-state index contributed by atoms with van der Waals surface area (Å²) in [5, 5.41) is 3.44. The first-order chi connectivity index (χ1) is 17.5. The van der Waals surface area contributed by atoms with E-state index < -0.39 is 5.82 Å². The number of carbonyl (C=O) groups excluding carboxylic acids is 1. The Labute approximate surface area is 212 Å². The van der Waals surface area contributed by atoms with E-state index in [9.17, 15) is 9.18 Å². The van der Waals surface area contributed by atoms with E-state index in [0.29, 0.717) is 51.9 Å². The van der Waals surface area contributed by atoms with Gasteiger partial charge in [0.2, 0.25) is 5.69 Å². The van der Waals surface area contributed by atoms with Crippen LogP contribution in [0.25, 0.3) is 15.7 Å². The van der Waals surface area contributed by atoms with E-state index in [-0.39, 0.29) is 18.6 Å². The summed E-state index contributed by atoms with van der Waals surface area (Å²) < 4.78 is 26.5. The molecular formula is C28H24FN3O3S. The summed E-state index contributed by atoms with van der Waals surface area (Å²) in [6, 6.07) is 9.55. The Balaban J connectivity index is 1.30. The van der Waals surface area contributed by atoms with Crippen LogP contribution in [0.2, 0.25) is 0 Å². The van der Waals surface area contributed by atoms with Crippen molar-refractivity contribution in [1.82, 2.24) is 9.97 Å². The molecular weight excluding hydrogens is 477 g/mol. The lowest BCUT2D eigenvalue weighted by Gasteiger charge is -2.12. The summed E-state index contributed by atoms with van der Waals surface area (Å²) in [6.45, 7) is 9.99. The minimum absolute atomic E-state index is 0.00244. The third-order valence-electron chi connectivity index (χ3n) is 5.92. The molecule has 0 N–H and O–H groups in total. The molecule has 4 aromatic rings. The molecule has 6 nitrogen and oxygen atoms in total. The van der Waals surface area contributed by atoms with Crippen molar-refractivity contribution in [3.8, 4) is 17.2 Å². The number of ketones is 1. The normalized spacial score (nSPS) is 12.9. The average Bonchev–Trinajstić information content (AvgIpc) is 3.63. The third-order valence-corrected chi connectivity index (χ3v) is 6.78. The Kier molecular flexibility index (Phi) is 6.92. The number of ether oxygens (including phenoxy) is 2. The number of Topliss-reactive ketones (excluding diaryl/α,β-unsaturated/α-hetero) is 1. The van der Waals surface area contributed by atoms with Gasteiger partial charge in [-0.3, -0.25) is 9.78 Å². The maximum atomic E-state index is 14.9. The van der Waals surface area contributed by atoms with Gasteiger partial charge in [0.15, 0.2) is 0 Å². The van der Waals surface area contributed by atoms with E-state index >= 15 is 0 Å². The number of pyridine rings is 1. The van der Waals surface area contributed by atoms with E-state index in [4.69, 9.17) is 16.0 Å². The summed E-state index contributed by atoms with van der Waals surface area (Å²) in [5.74, 6) is 1.19. The van der Waals surface area contributed by atoms with Crippen molar-refractivity contribution >= 4 is 33.7 Å². The van der Waals surface area contributed by atoms with Gasteiger partial charge in [-0.05, 0) is 49.1 Å². The molecule has 0 radical (unpaired) electrons. The van der Waals surface area contributed by atoms with Crippen molar-refractivity contribution in [3.63, 3.8) is 0 Å². The second-order valence-corrected chi connectivity index (χ2v) is 9.74. The van der Waals surface area contributed by atoms with Crippen LogP contribution in [-0.2, 0) is 17.6 Å². The fraction of sp³-hybridized carbons (Fsp3) is 0.286. The van der Waals surface area contributed by atoms with Crippen molar-refractivity contribution in [1.29, 1.82) is 0 Å². The fourth-order valence-corrected chi connectivity index (χ4v) is 4.82. The molecule has 1 aliphatic rings. The standard InChI is InChI=1S/C28H24FN3O3S/c1-3-10-34-27-15-23-21(14-24(27)30-2)26(8-9-31-23)35-20-7-6-18(22(29)13-20)11-19(33)12-28-32-25(16-36-28)17-4-5-17/h6-9,13-17H,3-5,10-12H2,1H3. The Hall–Kier alpha value is -3.83. The molecule has 0 bridgehead atoms. The molecule has 0 amide bonds. The maximum Gasteiger partial charge on any atom is 0.229 e. The highest BCUT2D eigenvalue weighted by atomic mass is 32.1. The minimum atomic E-state index is -0.505. The number of rotatable bonds is 10. The van der Waals surface area contributed by atoms with Crippen LogP contribution >= 0.6 is 11.3 Å². The number of nitrogens with zero attached hydrogens (tertiary/aromatic N) is 3. The molecule has 36 heavy (non-hydrogen) atoms. The second-order valence-electron chi connectivity index (χ2n) is 8.79. The van der Waals surface area contributed by atoms with E-state index in [1.807, 2.05) is 12.3 Å². The van der Waals surface area contributed by atoms with Crippen molar-refractivity contribution in [2.24, 2.45) is 0 Å². The van der Waals surface area contributed by atoms with Gasteiger partial charge >= 0.3 is 0 Å². The van der Waals surface area contributed by atoms with Crippen LogP contribution in [-0.4, -0.2) is 22.4 Å². The van der Waals surface area contributed by atoms with E-state index in [1.54, 1.807) is 36.5 Å². The van der Waals surface area contributed by atoms with Gasteiger partial charge in [-0.2, -0.15) is 0 Å². The van der Waals surface area contributed by atoms with E-state index in [0.717, 1.165) is 17.1 Å². The summed E-state index contributed by atoms with van der Waals surface area (Å²) in [6.07, 6.45) is 4.96. The molecule has 182 valence electrons. The van der Waals surface area contributed by atoms with E-state index in [1.165, 1.54) is 30.2 Å². The van der Waals surface area contributed by atoms with Crippen LogP contribution in [0, 0.1) is 12.4 Å². The van der Waals surface area contributed by atoms with Crippen molar-refractivity contribution in [3.05, 3.63) is 81.5 Å². The van der Waals surface area contributed by atoms with Crippen molar-refractivity contribution < 1.29 is 18.7 Å². The van der Waals surface area contributed by atoms with Crippen LogP contribution in [0.15, 0.2) is 48.0 Å². The highest BCUT2D eigenvalue weighted by Crippen LogP contribution is 2.40. The van der Waals surface area contributed by atoms with Gasteiger partial charge < -0.3 is 9.47 Å². The van der Waals surface area contributed by atoms with Gasteiger partial charge in [0.1, 0.15) is 33.9 Å². The van der Waals surface area contributed by atoms with Gasteiger partial charge in [-0.1, -0.05) is 13.0 Å². The lowest BCUT2D eigenvalue weighted by molar-refractivity contribution is -0.117. The maximum absolute atomic E-state index is 14.9. The summed E-state index contributed by atoms with van der Waals surface area (Å²) >= 11 is 1.50. The molecule has 2 aromatic carbocycles. The Bertz CT molecular complexity index is 1470. The highest BCUT2D eigenvalue weighted by Gasteiger charge is 2.26. The Morgan fingerprint density at radius 1 is 1.19 bits per heavy atom. The van der Waals surface area contributed by atoms with Crippen molar-refractivity contribution in [2.75, 3.05) is 6.61 Å². The van der Waals surface area contributed by atoms with Crippen LogP contribution < -0.4 is 9.47 Å². The van der Waals surface area contributed by atoms with Crippen LogP contribution in [0.4, 0.5) is 10.1 Å². The smallest absolute Gasteiger partial charge is 0.229 e. The highest BCUT2D eigenvalue weighted by molar-refractivity contribution is 7.09. The third kappa shape index (κ3) is 5.37. The average molecular weight is 502 g/mol. The summed E-state index contributed by atoms with van der Waals surface area (Å²) in [4.78, 5) is 25.0. The predicted molar refractivity (Wildman–Crippen MR) is 137 cm³/mol. The Morgan fingerprint density at radius 2 is 2.06 bits per heavy atom. The molecule has 0 spiro atoms.